The van der Waals surface area contributed by atoms with E-state index in [1.165, 1.54) is 16.0 Å². The third kappa shape index (κ3) is 5.14. The lowest BCUT2D eigenvalue weighted by Crippen LogP contribution is -2.18. The Kier molecular flexibility index (Phi) is 5.76. The SMILES string of the molecule is Cc1cccc(CN(C)c2ncc(CNCC(C)C)s2)c1. The summed E-state index contributed by atoms with van der Waals surface area (Å²) in [4.78, 5) is 8.04. The largest absolute Gasteiger partial charge is 0.347 e. The first-order valence-electron chi connectivity index (χ1n) is 7.46. The van der Waals surface area contributed by atoms with Gasteiger partial charge in [0, 0.05) is 31.2 Å². The first-order chi connectivity index (χ1) is 10.0. The van der Waals surface area contributed by atoms with Crippen molar-refractivity contribution >= 4 is 16.5 Å². The van der Waals surface area contributed by atoms with Crippen LogP contribution in [-0.2, 0) is 13.1 Å². The maximum Gasteiger partial charge on any atom is 0.185 e. The highest BCUT2D eigenvalue weighted by molar-refractivity contribution is 7.15. The Hall–Kier alpha value is -1.39. The standard InChI is InChI=1S/C17H25N3S/c1-13(2)9-18-10-16-11-19-17(21-16)20(4)12-15-7-5-6-14(3)8-15/h5-8,11,13,18H,9-10,12H2,1-4H3. The number of benzene rings is 1. The van der Waals surface area contributed by atoms with E-state index in [9.17, 15) is 0 Å². The summed E-state index contributed by atoms with van der Waals surface area (Å²) in [6, 6.07) is 8.64. The molecule has 114 valence electrons. The molecule has 0 amide bonds. The van der Waals surface area contributed by atoms with Crippen molar-refractivity contribution in [1.29, 1.82) is 0 Å². The molecule has 21 heavy (non-hydrogen) atoms. The zero-order valence-corrected chi connectivity index (χ0v) is 14.2. The normalized spacial score (nSPS) is 11.1. The molecule has 0 aliphatic rings. The first kappa shape index (κ1) is 16.0. The van der Waals surface area contributed by atoms with Crippen molar-refractivity contribution in [2.45, 2.75) is 33.9 Å². The van der Waals surface area contributed by atoms with Crippen molar-refractivity contribution in [3.8, 4) is 0 Å². The molecule has 1 aromatic heterocycles. The number of nitrogens with one attached hydrogen (secondary N) is 1. The molecule has 1 heterocycles. The predicted octanol–water partition coefficient (Wildman–Crippen LogP) is 3.83. The van der Waals surface area contributed by atoms with Gasteiger partial charge in [-0.2, -0.15) is 0 Å². The lowest BCUT2D eigenvalue weighted by molar-refractivity contribution is 0.554. The predicted molar refractivity (Wildman–Crippen MR) is 91.9 cm³/mol. The molecule has 0 bridgehead atoms. The van der Waals surface area contributed by atoms with E-state index in [-0.39, 0.29) is 0 Å². The molecule has 4 heteroatoms. The number of anilines is 1. The molecule has 0 aliphatic carbocycles. The fourth-order valence-electron chi connectivity index (χ4n) is 2.19. The summed E-state index contributed by atoms with van der Waals surface area (Å²) >= 11 is 1.77. The van der Waals surface area contributed by atoms with Crippen LogP contribution in [0.15, 0.2) is 30.5 Å². The number of nitrogens with zero attached hydrogens (tertiary/aromatic N) is 2. The van der Waals surface area contributed by atoms with Crippen LogP contribution in [0.2, 0.25) is 0 Å². The molecule has 1 N–H and O–H groups in total. The Balaban J connectivity index is 1.91. The van der Waals surface area contributed by atoms with Crippen LogP contribution in [-0.4, -0.2) is 18.6 Å². The van der Waals surface area contributed by atoms with Gasteiger partial charge in [-0.3, -0.25) is 0 Å². The molecule has 3 nitrogen and oxygen atoms in total. The average molecular weight is 303 g/mol. The van der Waals surface area contributed by atoms with Crippen molar-refractivity contribution in [3.05, 3.63) is 46.5 Å². The second-order valence-electron chi connectivity index (χ2n) is 5.98. The number of hydrogen-bond donors (Lipinski definition) is 1. The number of rotatable bonds is 7. The Morgan fingerprint density at radius 3 is 2.86 bits per heavy atom. The van der Waals surface area contributed by atoms with E-state index in [1.807, 2.05) is 6.20 Å². The summed E-state index contributed by atoms with van der Waals surface area (Å²) in [5.41, 5.74) is 2.63. The smallest absolute Gasteiger partial charge is 0.185 e. The summed E-state index contributed by atoms with van der Waals surface area (Å²) in [5, 5.41) is 4.54. The van der Waals surface area contributed by atoms with Gasteiger partial charge in [-0.05, 0) is 24.9 Å². The first-order valence-corrected chi connectivity index (χ1v) is 8.28. The third-order valence-electron chi connectivity index (χ3n) is 3.22. The van der Waals surface area contributed by atoms with Crippen molar-refractivity contribution in [2.24, 2.45) is 5.92 Å². The van der Waals surface area contributed by atoms with Gasteiger partial charge in [-0.25, -0.2) is 4.98 Å². The molecule has 1 aromatic carbocycles. The van der Waals surface area contributed by atoms with Gasteiger partial charge in [-0.15, -0.1) is 11.3 Å². The minimum atomic E-state index is 0.682. The van der Waals surface area contributed by atoms with Crippen LogP contribution in [0.1, 0.15) is 29.9 Å². The fourth-order valence-corrected chi connectivity index (χ4v) is 3.03. The van der Waals surface area contributed by atoms with E-state index in [0.29, 0.717) is 5.92 Å². The maximum absolute atomic E-state index is 4.54. The highest BCUT2D eigenvalue weighted by Crippen LogP contribution is 2.23. The Morgan fingerprint density at radius 2 is 2.14 bits per heavy atom. The second kappa shape index (κ2) is 7.57. The van der Waals surface area contributed by atoms with Gasteiger partial charge in [0.15, 0.2) is 5.13 Å². The maximum atomic E-state index is 4.54. The van der Waals surface area contributed by atoms with Gasteiger partial charge in [-0.1, -0.05) is 43.7 Å². The Labute approximate surface area is 132 Å². The summed E-state index contributed by atoms with van der Waals surface area (Å²) < 4.78 is 0. The minimum Gasteiger partial charge on any atom is -0.347 e. The van der Waals surface area contributed by atoms with Gasteiger partial charge >= 0.3 is 0 Å². The molecular formula is C17H25N3S. The van der Waals surface area contributed by atoms with Gasteiger partial charge in [0.05, 0.1) is 0 Å². The van der Waals surface area contributed by atoms with Crippen LogP contribution in [0.25, 0.3) is 0 Å². The van der Waals surface area contributed by atoms with Crippen LogP contribution in [0.3, 0.4) is 0 Å². The van der Waals surface area contributed by atoms with Gasteiger partial charge < -0.3 is 10.2 Å². The van der Waals surface area contributed by atoms with E-state index in [1.54, 1.807) is 11.3 Å². The van der Waals surface area contributed by atoms with Crippen molar-refractivity contribution in [3.63, 3.8) is 0 Å². The zero-order chi connectivity index (χ0) is 15.2. The molecule has 0 spiro atoms. The van der Waals surface area contributed by atoms with Gasteiger partial charge in [0.2, 0.25) is 0 Å². The highest BCUT2D eigenvalue weighted by atomic mass is 32.1. The second-order valence-corrected chi connectivity index (χ2v) is 7.07. The van der Waals surface area contributed by atoms with Crippen LogP contribution in [0, 0.1) is 12.8 Å². The molecule has 0 saturated carbocycles. The van der Waals surface area contributed by atoms with Gasteiger partial charge in [0.1, 0.15) is 0 Å². The number of thiazole rings is 1. The van der Waals surface area contributed by atoms with Crippen LogP contribution >= 0.6 is 11.3 Å². The van der Waals surface area contributed by atoms with E-state index in [0.717, 1.165) is 24.8 Å². The molecule has 0 fully saturated rings. The summed E-state index contributed by atoms with van der Waals surface area (Å²) in [5.74, 6) is 0.682. The van der Waals surface area contributed by atoms with E-state index in [4.69, 9.17) is 0 Å². The topological polar surface area (TPSA) is 28.2 Å². The molecule has 0 atom stereocenters. The van der Waals surface area contributed by atoms with Gasteiger partial charge in [0.25, 0.3) is 0 Å². The van der Waals surface area contributed by atoms with Crippen LogP contribution in [0.5, 0.6) is 0 Å². The average Bonchev–Trinajstić information content (AvgIpc) is 2.87. The number of aryl methyl sites for hydroxylation is 1. The Morgan fingerprint density at radius 1 is 1.33 bits per heavy atom. The van der Waals surface area contributed by atoms with E-state index >= 15 is 0 Å². The molecular weight excluding hydrogens is 278 g/mol. The summed E-state index contributed by atoms with van der Waals surface area (Å²) in [6.45, 7) is 9.43. The van der Waals surface area contributed by atoms with E-state index in [2.05, 4.69) is 67.3 Å². The lowest BCUT2D eigenvalue weighted by Gasteiger charge is -2.16. The molecule has 2 rings (SSSR count). The zero-order valence-electron chi connectivity index (χ0n) is 13.4. The van der Waals surface area contributed by atoms with Crippen molar-refractivity contribution < 1.29 is 0 Å². The molecule has 0 saturated heterocycles. The lowest BCUT2D eigenvalue weighted by atomic mass is 10.1. The third-order valence-corrected chi connectivity index (χ3v) is 4.33. The van der Waals surface area contributed by atoms with Crippen molar-refractivity contribution in [1.82, 2.24) is 10.3 Å². The van der Waals surface area contributed by atoms with Crippen molar-refractivity contribution in [2.75, 3.05) is 18.5 Å². The number of hydrogen-bond acceptors (Lipinski definition) is 4. The monoisotopic (exact) mass is 303 g/mol. The number of aromatic nitrogens is 1. The quantitative estimate of drug-likeness (QED) is 0.842. The summed E-state index contributed by atoms with van der Waals surface area (Å²) in [6.07, 6.45) is 1.99. The molecule has 0 radical (unpaired) electrons. The minimum absolute atomic E-state index is 0.682. The van der Waals surface area contributed by atoms with Crippen LogP contribution in [0.4, 0.5) is 5.13 Å². The summed E-state index contributed by atoms with van der Waals surface area (Å²) in [7, 11) is 2.10. The highest BCUT2D eigenvalue weighted by Gasteiger charge is 2.08. The fraction of sp³-hybridized carbons (Fsp3) is 0.471. The van der Waals surface area contributed by atoms with E-state index < -0.39 is 0 Å². The van der Waals surface area contributed by atoms with Crippen LogP contribution < -0.4 is 10.2 Å². The Bertz CT molecular complexity index is 563. The molecule has 2 aromatic rings. The molecule has 0 unspecified atom stereocenters. The molecule has 0 aliphatic heterocycles.